The second-order valence-electron chi connectivity index (χ2n) is 9.48. The maximum absolute atomic E-state index is 12.1. The predicted molar refractivity (Wildman–Crippen MR) is 146 cm³/mol. The molecule has 5 rings (SSSR count). The van der Waals surface area contributed by atoms with E-state index in [2.05, 4.69) is 12.1 Å². The van der Waals surface area contributed by atoms with Gasteiger partial charge in [0.1, 0.15) is 12.4 Å². The number of carbonyl (C=O) groups is 1. The lowest BCUT2D eigenvalue weighted by atomic mass is 9.90. The maximum atomic E-state index is 12.1. The van der Waals surface area contributed by atoms with Gasteiger partial charge in [0.15, 0.2) is 0 Å². The Balaban J connectivity index is 1.41. The molecule has 0 bridgehead atoms. The van der Waals surface area contributed by atoms with Crippen LogP contribution < -0.4 is 4.74 Å². The topological polar surface area (TPSA) is 85.2 Å². The average molecular weight is 513 g/mol. The Bertz CT molecular complexity index is 1410. The zero-order chi connectivity index (χ0) is 26.5. The van der Waals surface area contributed by atoms with E-state index in [4.69, 9.17) is 14.2 Å². The van der Waals surface area contributed by atoms with Gasteiger partial charge in [-0.25, -0.2) is 4.79 Å². The average Bonchev–Trinajstić information content (AvgIpc) is 2.95. The van der Waals surface area contributed by atoms with Gasteiger partial charge in [-0.05, 0) is 70.6 Å². The van der Waals surface area contributed by atoms with Crippen molar-refractivity contribution in [3.8, 4) is 16.9 Å². The van der Waals surface area contributed by atoms with E-state index in [0.29, 0.717) is 31.1 Å². The molecule has 0 aromatic heterocycles. The van der Waals surface area contributed by atoms with E-state index in [9.17, 15) is 15.0 Å². The van der Waals surface area contributed by atoms with Gasteiger partial charge in [0.25, 0.3) is 0 Å². The molecule has 196 valence electrons. The molecule has 38 heavy (non-hydrogen) atoms. The molecule has 4 aromatic carbocycles. The number of aromatic carboxylic acids is 1. The van der Waals surface area contributed by atoms with Crippen LogP contribution in [0, 0.1) is 0 Å². The van der Waals surface area contributed by atoms with E-state index in [0.717, 1.165) is 45.9 Å². The highest BCUT2D eigenvalue weighted by atomic mass is 16.5. The van der Waals surface area contributed by atoms with E-state index < -0.39 is 5.97 Å². The number of aliphatic hydroxyl groups is 1. The van der Waals surface area contributed by atoms with Crippen LogP contribution in [0.15, 0.2) is 78.9 Å². The Morgan fingerprint density at radius 3 is 2.63 bits per heavy atom. The summed E-state index contributed by atoms with van der Waals surface area (Å²) in [6.45, 7) is 3.42. The maximum Gasteiger partial charge on any atom is 0.336 e. The van der Waals surface area contributed by atoms with Crippen LogP contribution in [0.1, 0.15) is 52.9 Å². The summed E-state index contributed by atoms with van der Waals surface area (Å²) in [6, 6.07) is 25.1. The minimum atomic E-state index is -1.08. The van der Waals surface area contributed by atoms with Crippen molar-refractivity contribution in [2.24, 2.45) is 0 Å². The van der Waals surface area contributed by atoms with Crippen LogP contribution in [-0.4, -0.2) is 35.5 Å². The molecule has 0 aliphatic carbocycles. The number of benzene rings is 4. The lowest BCUT2D eigenvalue weighted by Gasteiger charge is -2.29. The van der Waals surface area contributed by atoms with Gasteiger partial charge in [0.2, 0.25) is 0 Å². The lowest BCUT2D eigenvalue weighted by molar-refractivity contribution is -0.0712. The van der Waals surface area contributed by atoms with Crippen LogP contribution in [-0.2, 0) is 22.7 Å². The Hall–Kier alpha value is -3.71. The molecule has 0 spiro atoms. The van der Waals surface area contributed by atoms with E-state index in [1.807, 2.05) is 67.6 Å². The summed E-state index contributed by atoms with van der Waals surface area (Å²) in [5, 5.41) is 21.6. The molecular formula is C32H32O6. The van der Waals surface area contributed by atoms with Crippen molar-refractivity contribution in [2.75, 3.05) is 13.2 Å². The van der Waals surface area contributed by atoms with Gasteiger partial charge in [-0.3, -0.25) is 0 Å². The summed E-state index contributed by atoms with van der Waals surface area (Å²) in [4.78, 5) is 12.1. The first kappa shape index (κ1) is 25.9. The first-order valence-corrected chi connectivity index (χ1v) is 13.0. The number of ether oxygens (including phenoxy) is 3. The summed E-state index contributed by atoms with van der Waals surface area (Å²) < 4.78 is 18.0. The summed E-state index contributed by atoms with van der Waals surface area (Å²) in [6.07, 6.45) is 1.99. The number of carboxylic acid groups (broad SMARTS) is 1. The van der Waals surface area contributed by atoms with E-state index in [-0.39, 0.29) is 24.4 Å². The molecule has 1 heterocycles. The van der Waals surface area contributed by atoms with Crippen LogP contribution >= 0.6 is 0 Å². The SMILES string of the molecule is CCOC1CCOC(c2cccc(COc3ccc4c(-c5ccccc5)c(CO)c(C(=O)O)cc4c3)c2)C1. The van der Waals surface area contributed by atoms with E-state index in [1.165, 1.54) is 0 Å². The number of carboxylic acids is 1. The molecular weight excluding hydrogens is 480 g/mol. The van der Waals surface area contributed by atoms with Crippen LogP contribution in [0.2, 0.25) is 0 Å². The van der Waals surface area contributed by atoms with Crippen LogP contribution in [0.4, 0.5) is 0 Å². The van der Waals surface area contributed by atoms with Gasteiger partial charge >= 0.3 is 5.97 Å². The largest absolute Gasteiger partial charge is 0.489 e. The second-order valence-corrected chi connectivity index (χ2v) is 9.48. The Morgan fingerprint density at radius 1 is 1.03 bits per heavy atom. The highest BCUT2D eigenvalue weighted by Gasteiger charge is 2.24. The number of rotatable bonds is 9. The summed E-state index contributed by atoms with van der Waals surface area (Å²) >= 11 is 0. The molecule has 2 atom stereocenters. The van der Waals surface area contributed by atoms with Gasteiger partial charge < -0.3 is 24.4 Å². The highest BCUT2D eigenvalue weighted by Crippen LogP contribution is 2.37. The molecule has 6 nitrogen and oxygen atoms in total. The third-order valence-corrected chi connectivity index (χ3v) is 7.04. The first-order valence-electron chi connectivity index (χ1n) is 13.0. The number of hydrogen-bond acceptors (Lipinski definition) is 5. The van der Waals surface area contributed by atoms with Crippen molar-refractivity contribution in [1.29, 1.82) is 0 Å². The second kappa shape index (κ2) is 11.8. The van der Waals surface area contributed by atoms with Crippen molar-refractivity contribution < 1.29 is 29.2 Å². The summed E-state index contributed by atoms with van der Waals surface area (Å²) in [5.74, 6) is -0.437. The fraction of sp³-hybridized carbons (Fsp3) is 0.281. The van der Waals surface area contributed by atoms with Crippen molar-refractivity contribution in [2.45, 2.75) is 45.2 Å². The van der Waals surface area contributed by atoms with Gasteiger partial charge in [0.05, 0.1) is 24.4 Å². The zero-order valence-corrected chi connectivity index (χ0v) is 21.4. The van der Waals surface area contributed by atoms with Crippen LogP contribution in [0.5, 0.6) is 5.75 Å². The fourth-order valence-corrected chi connectivity index (χ4v) is 5.24. The Labute approximate surface area is 222 Å². The number of hydrogen-bond donors (Lipinski definition) is 2. The molecule has 0 amide bonds. The van der Waals surface area contributed by atoms with Crippen LogP contribution in [0.25, 0.3) is 21.9 Å². The molecule has 1 saturated heterocycles. The molecule has 2 N–H and O–H groups in total. The van der Waals surface area contributed by atoms with Crippen molar-refractivity contribution in [3.63, 3.8) is 0 Å². The van der Waals surface area contributed by atoms with E-state index in [1.54, 1.807) is 6.07 Å². The van der Waals surface area contributed by atoms with Crippen LogP contribution in [0.3, 0.4) is 0 Å². The van der Waals surface area contributed by atoms with Gasteiger partial charge in [0, 0.05) is 25.2 Å². The first-order chi connectivity index (χ1) is 18.6. The molecule has 4 aromatic rings. The molecule has 0 saturated carbocycles. The normalized spacial score (nSPS) is 17.4. The van der Waals surface area contributed by atoms with Gasteiger partial charge in [-0.2, -0.15) is 0 Å². The third kappa shape index (κ3) is 5.58. The molecule has 1 aliphatic heterocycles. The standard InChI is InChI=1S/C32H32O6/c1-2-36-26-13-14-37-30(18-26)23-10-6-7-21(15-23)20-38-25-11-12-27-24(16-25)17-28(32(34)35)29(19-33)31(27)22-8-4-3-5-9-22/h3-12,15-17,26,30,33H,2,13-14,18-20H2,1H3,(H,34,35). The predicted octanol–water partition coefficient (Wildman–Crippen LogP) is 6.53. The van der Waals surface area contributed by atoms with Crippen molar-refractivity contribution in [3.05, 3.63) is 101 Å². The summed E-state index contributed by atoms with van der Waals surface area (Å²) in [5.41, 5.74) is 4.20. The minimum Gasteiger partial charge on any atom is -0.489 e. The van der Waals surface area contributed by atoms with Crippen molar-refractivity contribution >= 4 is 16.7 Å². The Morgan fingerprint density at radius 2 is 1.87 bits per heavy atom. The lowest BCUT2D eigenvalue weighted by Crippen LogP contribution is -2.26. The quantitative estimate of drug-likeness (QED) is 0.265. The molecule has 6 heteroatoms. The Kier molecular flexibility index (Phi) is 8.03. The summed E-state index contributed by atoms with van der Waals surface area (Å²) in [7, 11) is 0. The van der Waals surface area contributed by atoms with Gasteiger partial charge in [-0.15, -0.1) is 0 Å². The molecule has 1 fully saturated rings. The molecule has 0 radical (unpaired) electrons. The van der Waals surface area contributed by atoms with Crippen molar-refractivity contribution in [1.82, 2.24) is 0 Å². The van der Waals surface area contributed by atoms with Gasteiger partial charge in [-0.1, -0.05) is 54.6 Å². The monoisotopic (exact) mass is 512 g/mol. The third-order valence-electron chi connectivity index (χ3n) is 7.04. The fourth-order valence-electron chi connectivity index (χ4n) is 5.24. The molecule has 1 aliphatic rings. The number of fused-ring (bicyclic) bond motifs is 1. The smallest absolute Gasteiger partial charge is 0.336 e. The van der Waals surface area contributed by atoms with E-state index >= 15 is 0 Å². The number of aliphatic hydroxyl groups excluding tert-OH is 1. The minimum absolute atomic E-state index is 0.00693. The molecule has 2 unspecified atom stereocenters. The highest BCUT2D eigenvalue weighted by molar-refractivity contribution is 6.05. The zero-order valence-electron chi connectivity index (χ0n) is 21.4.